The number of carbonyl (C=O) groups is 2. The molecule has 0 aromatic heterocycles. The van der Waals surface area contributed by atoms with Crippen LogP contribution >= 0.6 is 0 Å². The maximum absolute atomic E-state index is 12.1. The molecule has 2 rings (SSSR count). The van der Waals surface area contributed by atoms with E-state index in [-0.39, 0.29) is 12.5 Å². The predicted molar refractivity (Wildman–Crippen MR) is 94.5 cm³/mol. The van der Waals surface area contributed by atoms with E-state index in [0.29, 0.717) is 17.4 Å². The fraction of sp³-hybridized carbons (Fsp3) is 0.474. The number of hydrogen-bond acceptors (Lipinski definition) is 5. The van der Waals surface area contributed by atoms with Crippen molar-refractivity contribution in [1.82, 2.24) is 4.90 Å². The third-order valence-electron chi connectivity index (χ3n) is 4.19. The lowest BCUT2D eigenvalue weighted by Gasteiger charge is -2.30. The van der Waals surface area contributed by atoms with Crippen molar-refractivity contribution in [2.24, 2.45) is 5.92 Å². The van der Waals surface area contributed by atoms with E-state index < -0.39 is 5.97 Å². The summed E-state index contributed by atoms with van der Waals surface area (Å²) < 4.78 is 15.4. The number of ether oxygens (including phenoxy) is 3. The minimum atomic E-state index is -0.559. The van der Waals surface area contributed by atoms with Gasteiger partial charge in [-0.15, -0.1) is 0 Å². The number of benzene rings is 1. The quantitative estimate of drug-likeness (QED) is 0.584. The van der Waals surface area contributed by atoms with E-state index in [2.05, 4.69) is 6.92 Å². The van der Waals surface area contributed by atoms with Gasteiger partial charge in [0.05, 0.1) is 14.2 Å². The summed E-state index contributed by atoms with van der Waals surface area (Å²) in [5.41, 5.74) is 0.719. The highest BCUT2D eigenvalue weighted by atomic mass is 16.5. The van der Waals surface area contributed by atoms with Gasteiger partial charge in [-0.2, -0.15) is 0 Å². The number of nitrogens with zero attached hydrogens (tertiary/aromatic N) is 1. The zero-order chi connectivity index (χ0) is 18.2. The molecule has 1 aliphatic heterocycles. The van der Waals surface area contributed by atoms with Crippen molar-refractivity contribution in [3.8, 4) is 11.5 Å². The summed E-state index contributed by atoms with van der Waals surface area (Å²) in [7, 11) is 3.12. The molecule has 1 heterocycles. The van der Waals surface area contributed by atoms with Crippen molar-refractivity contribution in [1.29, 1.82) is 0 Å². The highest BCUT2D eigenvalue weighted by molar-refractivity contribution is 5.89. The number of esters is 1. The average molecular weight is 347 g/mol. The summed E-state index contributed by atoms with van der Waals surface area (Å²) in [6, 6.07) is 5.28. The molecule has 25 heavy (non-hydrogen) atoms. The van der Waals surface area contributed by atoms with Gasteiger partial charge in [0, 0.05) is 30.8 Å². The van der Waals surface area contributed by atoms with E-state index >= 15 is 0 Å². The molecule has 1 fully saturated rings. The molecule has 0 aliphatic carbocycles. The first kappa shape index (κ1) is 18.8. The molecule has 1 aromatic carbocycles. The van der Waals surface area contributed by atoms with Crippen LogP contribution in [0.4, 0.5) is 0 Å². The third-order valence-corrected chi connectivity index (χ3v) is 4.19. The standard InChI is InChI=1S/C19H25NO5/c1-14-5-4-10-20(12-14)18(21)13-25-19(22)9-7-15-6-8-16(23-2)11-17(15)24-3/h6-9,11,14H,4-5,10,12-13H2,1-3H3/b9-7+/t14-/m0/s1. The topological polar surface area (TPSA) is 65.1 Å². The molecule has 1 atom stereocenters. The average Bonchev–Trinajstić information content (AvgIpc) is 2.64. The Labute approximate surface area is 148 Å². The first-order chi connectivity index (χ1) is 12.0. The highest BCUT2D eigenvalue weighted by Crippen LogP contribution is 2.25. The summed E-state index contributed by atoms with van der Waals surface area (Å²) in [5, 5.41) is 0. The van der Waals surface area contributed by atoms with Gasteiger partial charge in [-0.3, -0.25) is 4.79 Å². The second-order valence-corrected chi connectivity index (χ2v) is 6.14. The zero-order valence-corrected chi connectivity index (χ0v) is 15.0. The van der Waals surface area contributed by atoms with Crippen LogP contribution in [0.1, 0.15) is 25.3 Å². The van der Waals surface area contributed by atoms with Gasteiger partial charge in [0.1, 0.15) is 11.5 Å². The number of methoxy groups -OCH3 is 2. The normalized spacial score (nSPS) is 17.4. The van der Waals surface area contributed by atoms with E-state index in [0.717, 1.165) is 31.5 Å². The van der Waals surface area contributed by atoms with Gasteiger partial charge in [0.15, 0.2) is 6.61 Å². The Balaban J connectivity index is 1.87. The third kappa shape index (κ3) is 5.52. The van der Waals surface area contributed by atoms with Crippen molar-refractivity contribution in [2.75, 3.05) is 33.9 Å². The van der Waals surface area contributed by atoms with Crippen molar-refractivity contribution in [3.63, 3.8) is 0 Å². The van der Waals surface area contributed by atoms with E-state index in [1.807, 2.05) is 0 Å². The van der Waals surface area contributed by atoms with Crippen LogP contribution in [0.2, 0.25) is 0 Å². The smallest absolute Gasteiger partial charge is 0.331 e. The molecular formula is C19H25NO5. The first-order valence-corrected chi connectivity index (χ1v) is 8.38. The summed E-state index contributed by atoms with van der Waals surface area (Å²) >= 11 is 0. The molecule has 1 aromatic rings. The molecule has 1 saturated heterocycles. The molecule has 136 valence electrons. The zero-order valence-electron chi connectivity index (χ0n) is 15.0. The van der Waals surface area contributed by atoms with Gasteiger partial charge in [-0.05, 0) is 37.0 Å². The van der Waals surface area contributed by atoms with Gasteiger partial charge in [-0.1, -0.05) is 6.92 Å². The van der Waals surface area contributed by atoms with Crippen LogP contribution in [0.3, 0.4) is 0 Å². The maximum atomic E-state index is 12.1. The van der Waals surface area contributed by atoms with Crippen LogP contribution < -0.4 is 9.47 Å². The van der Waals surface area contributed by atoms with Crippen LogP contribution in [0.25, 0.3) is 6.08 Å². The fourth-order valence-corrected chi connectivity index (χ4v) is 2.80. The Morgan fingerprint density at radius 2 is 2.08 bits per heavy atom. The maximum Gasteiger partial charge on any atom is 0.331 e. The molecule has 0 radical (unpaired) electrons. The second kappa shape index (κ2) is 9.11. The molecule has 0 spiro atoms. The van der Waals surface area contributed by atoms with E-state index in [9.17, 15) is 9.59 Å². The van der Waals surface area contributed by atoms with E-state index in [1.54, 1.807) is 43.4 Å². The largest absolute Gasteiger partial charge is 0.497 e. The van der Waals surface area contributed by atoms with Crippen molar-refractivity contribution in [3.05, 3.63) is 29.8 Å². The molecular weight excluding hydrogens is 322 g/mol. The minimum absolute atomic E-state index is 0.143. The first-order valence-electron chi connectivity index (χ1n) is 8.38. The lowest BCUT2D eigenvalue weighted by atomic mass is 10.0. The van der Waals surface area contributed by atoms with Crippen molar-refractivity contribution in [2.45, 2.75) is 19.8 Å². The van der Waals surface area contributed by atoms with E-state index in [4.69, 9.17) is 14.2 Å². The summed E-state index contributed by atoms with van der Waals surface area (Å²) in [5.74, 6) is 1.04. The monoisotopic (exact) mass is 347 g/mol. The molecule has 1 aliphatic rings. The van der Waals surface area contributed by atoms with Crippen molar-refractivity contribution < 1.29 is 23.8 Å². The molecule has 6 nitrogen and oxygen atoms in total. The Kier molecular flexibility index (Phi) is 6.86. The molecule has 1 amide bonds. The van der Waals surface area contributed by atoms with Crippen LogP contribution in [0.15, 0.2) is 24.3 Å². The summed E-state index contributed by atoms with van der Waals surface area (Å²) in [6.45, 7) is 3.36. The van der Waals surface area contributed by atoms with Crippen molar-refractivity contribution >= 4 is 18.0 Å². The molecule has 0 N–H and O–H groups in total. The van der Waals surface area contributed by atoms with E-state index in [1.165, 1.54) is 6.08 Å². The Hall–Kier alpha value is -2.50. The number of hydrogen-bond donors (Lipinski definition) is 0. The van der Waals surface area contributed by atoms with Crippen LogP contribution in [-0.2, 0) is 14.3 Å². The lowest BCUT2D eigenvalue weighted by molar-refractivity contribution is -0.149. The fourth-order valence-electron chi connectivity index (χ4n) is 2.80. The minimum Gasteiger partial charge on any atom is -0.497 e. The van der Waals surface area contributed by atoms with Crippen LogP contribution in [0.5, 0.6) is 11.5 Å². The summed E-state index contributed by atoms with van der Waals surface area (Å²) in [6.07, 6.45) is 5.01. The summed E-state index contributed by atoms with van der Waals surface area (Å²) in [4.78, 5) is 25.7. The SMILES string of the molecule is COc1ccc(/C=C/C(=O)OCC(=O)N2CCC[C@H](C)C2)c(OC)c1. The predicted octanol–water partition coefficient (Wildman–Crippen LogP) is 2.52. The molecule has 0 unspecified atom stereocenters. The Bertz CT molecular complexity index is 641. The Morgan fingerprint density at radius 1 is 1.28 bits per heavy atom. The molecule has 0 bridgehead atoms. The number of carbonyl (C=O) groups excluding carboxylic acids is 2. The van der Waals surface area contributed by atoms with Gasteiger partial charge in [-0.25, -0.2) is 4.79 Å². The van der Waals surface area contributed by atoms with Gasteiger partial charge in [0.2, 0.25) is 0 Å². The Morgan fingerprint density at radius 3 is 2.76 bits per heavy atom. The number of piperidine rings is 1. The second-order valence-electron chi connectivity index (χ2n) is 6.14. The number of likely N-dealkylation sites (tertiary alicyclic amines) is 1. The van der Waals surface area contributed by atoms with Crippen LogP contribution in [-0.4, -0.2) is 50.7 Å². The van der Waals surface area contributed by atoms with Gasteiger partial charge < -0.3 is 19.1 Å². The van der Waals surface area contributed by atoms with Gasteiger partial charge >= 0.3 is 5.97 Å². The highest BCUT2D eigenvalue weighted by Gasteiger charge is 2.21. The lowest BCUT2D eigenvalue weighted by Crippen LogP contribution is -2.41. The van der Waals surface area contributed by atoms with Crippen LogP contribution in [0, 0.1) is 5.92 Å². The molecule has 0 saturated carbocycles. The molecule has 6 heteroatoms. The number of amides is 1. The number of rotatable bonds is 6. The van der Waals surface area contributed by atoms with Gasteiger partial charge in [0.25, 0.3) is 5.91 Å².